The van der Waals surface area contributed by atoms with E-state index in [1.807, 2.05) is 24.3 Å². The van der Waals surface area contributed by atoms with Gasteiger partial charge in [0, 0.05) is 5.22 Å². The molecule has 0 amide bonds. The van der Waals surface area contributed by atoms with Gasteiger partial charge in [0.15, 0.2) is 0 Å². The quantitative estimate of drug-likeness (QED) is 0.598. The largest absolute Gasteiger partial charge is 0.236 e. The van der Waals surface area contributed by atoms with Crippen LogP contribution in [0.3, 0.4) is 0 Å². The lowest BCUT2D eigenvalue weighted by Gasteiger charge is -1.94. The Morgan fingerprint density at radius 3 is 3.00 bits per heavy atom. The highest BCUT2D eigenvalue weighted by Gasteiger charge is 1.98. The van der Waals surface area contributed by atoms with Crippen molar-refractivity contribution in [1.82, 2.24) is 4.98 Å². The van der Waals surface area contributed by atoms with Crippen molar-refractivity contribution in [1.29, 1.82) is 0 Å². The predicted molar refractivity (Wildman–Crippen MR) is 56.2 cm³/mol. The van der Waals surface area contributed by atoms with Gasteiger partial charge >= 0.3 is 0 Å². The fourth-order valence-electron chi connectivity index (χ4n) is 1.27. The smallest absolute Gasteiger partial charge is 0.131 e. The number of allylic oxidation sites excluding steroid dienone is 2. The summed E-state index contributed by atoms with van der Waals surface area (Å²) in [5.41, 5.74) is 0. The zero-order chi connectivity index (χ0) is 9.26. The lowest BCUT2D eigenvalue weighted by molar-refractivity contribution is 1.22. The van der Waals surface area contributed by atoms with Crippen LogP contribution in [-0.4, -0.2) is 4.98 Å². The molecule has 2 rings (SSSR count). The molecule has 0 N–H and O–H groups in total. The summed E-state index contributed by atoms with van der Waals surface area (Å²) in [4.78, 5) is 4.18. The molecule has 0 aromatic carbocycles. The standard InChI is InChI=1S/C10H7Cl2N/c11-8-6-10(12)13-9-5-3-1-2-4-7(8)9/h1,3-6H,2H2. The Hall–Kier alpha value is -0.790. The first-order chi connectivity index (χ1) is 6.27. The normalized spacial score (nSPS) is 14.0. The first-order valence-corrected chi connectivity index (χ1v) is 4.72. The van der Waals surface area contributed by atoms with Crippen molar-refractivity contribution in [2.75, 3.05) is 0 Å². The Morgan fingerprint density at radius 1 is 1.31 bits per heavy atom. The molecule has 0 radical (unpaired) electrons. The molecule has 0 saturated heterocycles. The Labute approximate surface area is 86.0 Å². The molecule has 0 fully saturated rings. The van der Waals surface area contributed by atoms with Crippen molar-refractivity contribution in [3.8, 4) is 0 Å². The SMILES string of the molecule is Clc1cc(Cl)c2c(n1)=CC=CCC=2. The van der Waals surface area contributed by atoms with Crippen molar-refractivity contribution in [3.63, 3.8) is 0 Å². The van der Waals surface area contributed by atoms with Crippen LogP contribution in [0.1, 0.15) is 6.42 Å². The number of halogens is 2. The molecule has 1 aliphatic carbocycles. The fraction of sp³-hybridized carbons (Fsp3) is 0.100. The zero-order valence-electron chi connectivity index (χ0n) is 6.80. The highest BCUT2D eigenvalue weighted by atomic mass is 35.5. The van der Waals surface area contributed by atoms with Gasteiger partial charge in [0.1, 0.15) is 5.15 Å². The Morgan fingerprint density at radius 2 is 2.15 bits per heavy atom. The molecule has 1 aliphatic rings. The number of rotatable bonds is 0. The van der Waals surface area contributed by atoms with Gasteiger partial charge in [-0.1, -0.05) is 41.4 Å². The third-order valence-corrected chi connectivity index (χ3v) is 2.36. The molecule has 1 aromatic rings. The minimum absolute atomic E-state index is 0.434. The lowest BCUT2D eigenvalue weighted by atomic mass is 10.3. The molecule has 66 valence electrons. The van der Waals surface area contributed by atoms with Crippen LogP contribution in [0.25, 0.3) is 12.2 Å². The summed E-state index contributed by atoms with van der Waals surface area (Å²) < 4.78 is 0. The van der Waals surface area contributed by atoms with Gasteiger partial charge in [-0.3, -0.25) is 0 Å². The van der Waals surface area contributed by atoms with E-state index in [2.05, 4.69) is 4.98 Å². The van der Waals surface area contributed by atoms with Crippen LogP contribution in [0, 0.1) is 0 Å². The van der Waals surface area contributed by atoms with Crippen LogP contribution >= 0.6 is 23.2 Å². The third kappa shape index (κ3) is 1.77. The van der Waals surface area contributed by atoms with E-state index in [1.165, 1.54) is 0 Å². The minimum Gasteiger partial charge on any atom is -0.236 e. The molecule has 1 aromatic heterocycles. The highest BCUT2D eigenvalue weighted by molar-refractivity contribution is 6.33. The van der Waals surface area contributed by atoms with Crippen LogP contribution in [-0.2, 0) is 0 Å². The number of aromatic nitrogens is 1. The van der Waals surface area contributed by atoms with Crippen molar-refractivity contribution in [3.05, 3.63) is 39.0 Å². The van der Waals surface area contributed by atoms with E-state index in [-0.39, 0.29) is 0 Å². The van der Waals surface area contributed by atoms with Gasteiger partial charge in [0.25, 0.3) is 0 Å². The number of hydrogen-bond donors (Lipinski definition) is 0. The molecular weight excluding hydrogens is 205 g/mol. The van der Waals surface area contributed by atoms with Crippen LogP contribution in [0.2, 0.25) is 10.2 Å². The molecule has 3 heteroatoms. The lowest BCUT2D eigenvalue weighted by Crippen LogP contribution is -2.28. The summed E-state index contributed by atoms with van der Waals surface area (Å²) in [6.45, 7) is 0. The van der Waals surface area contributed by atoms with Gasteiger partial charge in [-0.2, -0.15) is 0 Å². The number of hydrogen-bond acceptors (Lipinski definition) is 1. The van der Waals surface area contributed by atoms with Crippen LogP contribution in [0.4, 0.5) is 0 Å². The minimum atomic E-state index is 0.434. The molecule has 0 saturated carbocycles. The summed E-state index contributed by atoms with van der Waals surface area (Å²) in [5, 5.41) is 2.90. The van der Waals surface area contributed by atoms with Crippen molar-refractivity contribution >= 4 is 35.4 Å². The van der Waals surface area contributed by atoms with E-state index in [9.17, 15) is 0 Å². The number of nitrogens with zero attached hydrogens (tertiary/aromatic N) is 1. The molecule has 0 bridgehead atoms. The maximum Gasteiger partial charge on any atom is 0.131 e. The van der Waals surface area contributed by atoms with E-state index in [0.717, 1.165) is 17.0 Å². The Balaban J connectivity index is 2.86. The maximum absolute atomic E-state index is 6.02. The van der Waals surface area contributed by atoms with Gasteiger partial charge in [0.05, 0.1) is 10.4 Å². The molecule has 0 aliphatic heterocycles. The van der Waals surface area contributed by atoms with E-state index >= 15 is 0 Å². The molecule has 1 nitrogen and oxygen atoms in total. The molecule has 13 heavy (non-hydrogen) atoms. The van der Waals surface area contributed by atoms with Crippen molar-refractivity contribution in [2.24, 2.45) is 0 Å². The second kappa shape index (κ2) is 3.52. The van der Waals surface area contributed by atoms with Gasteiger partial charge in [0.2, 0.25) is 0 Å². The summed E-state index contributed by atoms with van der Waals surface area (Å²) >= 11 is 11.8. The maximum atomic E-state index is 6.02. The Kier molecular flexibility index (Phi) is 2.38. The average molecular weight is 212 g/mol. The molecular formula is C10H7Cl2N. The number of pyridine rings is 1. The van der Waals surface area contributed by atoms with Gasteiger partial charge in [-0.25, -0.2) is 4.98 Å². The predicted octanol–water partition coefficient (Wildman–Crippen LogP) is 1.91. The van der Waals surface area contributed by atoms with Crippen molar-refractivity contribution < 1.29 is 0 Å². The topological polar surface area (TPSA) is 12.9 Å². The van der Waals surface area contributed by atoms with E-state index in [0.29, 0.717) is 10.2 Å². The first kappa shape index (κ1) is 8.79. The summed E-state index contributed by atoms with van der Waals surface area (Å²) in [6.07, 6.45) is 8.85. The Bertz CT molecular complexity index is 474. The summed E-state index contributed by atoms with van der Waals surface area (Å²) in [6, 6.07) is 1.66. The molecule has 0 atom stereocenters. The number of fused-ring (bicyclic) bond motifs is 1. The second-order valence-corrected chi connectivity index (χ2v) is 3.55. The van der Waals surface area contributed by atoms with E-state index < -0.39 is 0 Å². The van der Waals surface area contributed by atoms with Gasteiger partial charge in [-0.15, -0.1) is 0 Å². The molecule has 0 spiro atoms. The van der Waals surface area contributed by atoms with Gasteiger partial charge in [-0.05, 0) is 18.6 Å². The summed E-state index contributed by atoms with van der Waals surface area (Å²) in [7, 11) is 0. The fourth-order valence-corrected chi connectivity index (χ4v) is 1.80. The van der Waals surface area contributed by atoms with Gasteiger partial charge < -0.3 is 0 Å². The van der Waals surface area contributed by atoms with Crippen LogP contribution in [0.5, 0.6) is 0 Å². The molecule has 1 heterocycles. The van der Waals surface area contributed by atoms with Crippen LogP contribution < -0.4 is 10.6 Å². The first-order valence-electron chi connectivity index (χ1n) is 3.96. The average Bonchev–Trinajstić information content (AvgIpc) is 2.28. The highest BCUT2D eigenvalue weighted by Crippen LogP contribution is 2.06. The van der Waals surface area contributed by atoms with Crippen LogP contribution in [0.15, 0.2) is 18.2 Å². The van der Waals surface area contributed by atoms with E-state index in [4.69, 9.17) is 23.2 Å². The van der Waals surface area contributed by atoms with Crippen molar-refractivity contribution in [2.45, 2.75) is 6.42 Å². The monoisotopic (exact) mass is 211 g/mol. The molecule has 0 unspecified atom stereocenters. The second-order valence-electron chi connectivity index (χ2n) is 2.76. The zero-order valence-corrected chi connectivity index (χ0v) is 8.31. The third-order valence-electron chi connectivity index (χ3n) is 1.85. The van der Waals surface area contributed by atoms with E-state index in [1.54, 1.807) is 6.07 Å². The summed E-state index contributed by atoms with van der Waals surface area (Å²) in [5.74, 6) is 0.